The van der Waals surface area contributed by atoms with Gasteiger partial charge in [-0.1, -0.05) is 77.3 Å². The fraction of sp³-hybridized carbons (Fsp3) is 0.0741. The van der Waals surface area contributed by atoms with Crippen molar-refractivity contribution in [3.05, 3.63) is 118 Å². The molecule has 5 nitrogen and oxygen atoms in total. The average Bonchev–Trinajstić information content (AvgIpc) is 2.87. The van der Waals surface area contributed by atoms with E-state index in [1.54, 1.807) is 42.1 Å². The van der Waals surface area contributed by atoms with Crippen molar-refractivity contribution in [1.29, 1.82) is 0 Å². The van der Waals surface area contributed by atoms with Gasteiger partial charge in [-0.05, 0) is 60.2 Å². The topological polar surface area (TPSA) is 66.5 Å². The van der Waals surface area contributed by atoms with E-state index in [-0.39, 0.29) is 20.6 Å². The van der Waals surface area contributed by atoms with Gasteiger partial charge < -0.3 is 5.32 Å². The molecule has 4 rings (SSSR count). The number of hydrogen-bond acceptors (Lipinski definition) is 4. The number of nitrogens with zero attached hydrogens (tertiary/aromatic N) is 1. The van der Waals surface area contributed by atoms with Crippen LogP contribution in [0.25, 0.3) is 0 Å². The van der Waals surface area contributed by atoms with Crippen LogP contribution < -0.4 is 9.62 Å². The van der Waals surface area contributed by atoms with Crippen LogP contribution in [0.1, 0.15) is 5.56 Å². The van der Waals surface area contributed by atoms with Crippen LogP contribution in [-0.4, -0.2) is 20.9 Å². The number of benzene rings is 4. The van der Waals surface area contributed by atoms with Crippen LogP contribution in [0, 0.1) is 0 Å². The van der Waals surface area contributed by atoms with Gasteiger partial charge in [-0.15, -0.1) is 11.8 Å². The number of hydrogen-bond donors (Lipinski definition) is 1. The molecule has 4 aromatic carbocycles. The summed E-state index contributed by atoms with van der Waals surface area (Å²) in [5, 5.41) is 4.02. The molecule has 0 unspecified atom stereocenters. The van der Waals surface area contributed by atoms with Crippen LogP contribution in [0.15, 0.2) is 107 Å². The summed E-state index contributed by atoms with van der Waals surface area (Å²) in [4.78, 5) is 14.1. The number of amides is 1. The minimum Gasteiger partial charge on any atom is -0.323 e. The molecule has 10 heteroatoms. The summed E-state index contributed by atoms with van der Waals surface area (Å²) in [5.74, 6) is 0.148. The number of carbonyl (C=O) groups excluding carboxylic acids is 1. The lowest BCUT2D eigenvalue weighted by Crippen LogP contribution is -2.38. The first-order valence-electron chi connectivity index (χ1n) is 11.0. The normalized spacial score (nSPS) is 11.2. The SMILES string of the molecule is O=C(CN(c1cc(Cl)cc(Cl)c1)S(=O)(=O)c1ccccc1)Nc1ccccc1SCc1ccc(Cl)cc1. The van der Waals surface area contributed by atoms with E-state index in [0.717, 1.165) is 14.8 Å². The van der Waals surface area contributed by atoms with Gasteiger partial charge in [-0.2, -0.15) is 0 Å². The van der Waals surface area contributed by atoms with Crippen LogP contribution in [0.5, 0.6) is 0 Å². The molecule has 0 spiro atoms. The van der Waals surface area contributed by atoms with Crippen LogP contribution in [-0.2, 0) is 20.6 Å². The van der Waals surface area contributed by atoms with E-state index in [1.165, 1.54) is 30.3 Å². The van der Waals surface area contributed by atoms with Gasteiger partial charge in [0.25, 0.3) is 10.0 Å². The first-order valence-corrected chi connectivity index (χ1v) is 14.6. The van der Waals surface area contributed by atoms with Crippen LogP contribution in [0.3, 0.4) is 0 Å². The molecule has 4 aromatic rings. The number of halogens is 3. The first-order chi connectivity index (χ1) is 17.7. The molecule has 0 fully saturated rings. The highest BCUT2D eigenvalue weighted by atomic mass is 35.5. The summed E-state index contributed by atoms with van der Waals surface area (Å²) in [6, 6.07) is 27.2. The van der Waals surface area contributed by atoms with Gasteiger partial charge in [-0.25, -0.2) is 8.42 Å². The number of para-hydroxylation sites is 1. The zero-order valence-electron chi connectivity index (χ0n) is 19.3. The predicted octanol–water partition coefficient (Wildman–Crippen LogP) is 7.77. The Balaban J connectivity index is 1.58. The summed E-state index contributed by atoms with van der Waals surface area (Å²) in [6.07, 6.45) is 0. The van der Waals surface area contributed by atoms with Gasteiger partial charge in [0.2, 0.25) is 5.91 Å². The number of nitrogens with one attached hydrogen (secondary N) is 1. The van der Waals surface area contributed by atoms with Crippen molar-refractivity contribution in [3.63, 3.8) is 0 Å². The molecular formula is C27H21Cl3N2O3S2. The Kier molecular flexibility index (Phi) is 9.05. The standard InChI is InChI=1S/C27H21Cl3N2O3S2/c28-20-12-10-19(11-13-20)18-36-26-9-5-4-8-25(26)31-27(33)17-32(23-15-21(29)14-22(30)16-23)37(34,35)24-6-2-1-3-7-24/h1-16H,17-18H2,(H,31,33). The molecule has 0 radical (unpaired) electrons. The Morgan fingerprint density at radius 3 is 2.08 bits per heavy atom. The molecule has 0 atom stereocenters. The minimum atomic E-state index is -4.10. The van der Waals surface area contributed by atoms with Crippen molar-refractivity contribution in [2.75, 3.05) is 16.2 Å². The van der Waals surface area contributed by atoms with E-state index >= 15 is 0 Å². The third kappa shape index (κ3) is 7.21. The third-order valence-electron chi connectivity index (χ3n) is 5.22. The number of rotatable bonds is 9. The lowest BCUT2D eigenvalue weighted by molar-refractivity contribution is -0.114. The van der Waals surface area contributed by atoms with Crippen molar-refractivity contribution in [3.8, 4) is 0 Å². The highest BCUT2D eigenvalue weighted by Gasteiger charge is 2.28. The van der Waals surface area contributed by atoms with Gasteiger partial charge in [-0.3, -0.25) is 9.10 Å². The van der Waals surface area contributed by atoms with Crippen molar-refractivity contribution in [1.82, 2.24) is 0 Å². The van der Waals surface area contributed by atoms with Gasteiger partial charge >= 0.3 is 0 Å². The van der Waals surface area contributed by atoms with Crippen molar-refractivity contribution >= 4 is 73.9 Å². The second-order valence-corrected chi connectivity index (χ2v) is 12.1. The average molecular weight is 592 g/mol. The summed E-state index contributed by atoms with van der Waals surface area (Å²) < 4.78 is 28.1. The highest BCUT2D eigenvalue weighted by Crippen LogP contribution is 2.32. The third-order valence-corrected chi connectivity index (χ3v) is 8.84. The zero-order chi connectivity index (χ0) is 26.4. The lowest BCUT2D eigenvalue weighted by Gasteiger charge is -2.24. The molecule has 0 aromatic heterocycles. The quantitative estimate of drug-likeness (QED) is 0.202. The Morgan fingerprint density at radius 2 is 1.41 bits per heavy atom. The summed E-state index contributed by atoms with van der Waals surface area (Å²) in [6.45, 7) is -0.482. The molecule has 0 aliphatic carbocycles. The monoisotopic (exact) mass is 590 g/mol. The maximum absolute atomic E-state index is 13.5. The summed E-state index contributed by atoms with van der Waals surface area (Å²) >= 11 is 19.8. The molecule has 0 saturated carbocycles. The fourth-order valence-electron chi connectivity index (χ4n) is 3.48. The Labute approximate surface area is 235 Å². The molecule has 190 valence electrons. The Hall–Kier alpha value is -2.68. The van der Waals surface area contributed by atoms with Gasteiger partial charge in [0.05, 0.1) is 16.3 Å². The largest absolute Gasteiger partial charge is 0.323 e. The molecular weight excluding hydrogens is 571 g/mol. The Morgan fingerprint density at radius 1 is 0.784 bits per heavy atom. The highest BCUT2D eigenvalue weighted by molar-refractivity contribution is 7.98. The van der Waals surface area contributed by atoms with Gasteiger partial charge in [0.1, 0.15) is 6.54 Å². The molecule has 37 heavy (non-hydrogen) atoms. The molecule has 0 bridgehead atoms. The lowest BCUT2D eigenvalue weighted by atomic mass is 10.2. The van der Waals surface area contributed by atoms with E-state index in [4.69, 9.17) is 34.8 Å². The predicted molar refractivity (Wildman–Crippen MR) is 154 cm³/mol. The van der Waals surface area contributed by atoms with Crippen LogP contribution in [0.4, 0.5) is 11.4 Å². The number of sulfonamides is 1. The van der Waals surface area contributed by atoms with E-state index in [9.17, 15) is 13.2 Å². The summed E-state index contributed by atoms with van der Waals surface area (Å²) in [7, 11) is -4.10. The first kappa shape index (κ1) is 27.4. The van der Waals surface area contributed by atoms with Crippen molar-refractivity contribution < 1.29 is 13.2 Å². The molecule has 0 aliphatic rings. The number of thioether (sulfide) groups is 1. The maximum Gasteiger partial charge on any atom is 0.264 e. The second-order valence-electron chi connectivity index (χ2n) is 7.91. The smallest absolute Gasteiger partial charge is 0.264 e. The molecule has 1 amide bonds. The number of carbonyl (C=O) groups is 1. The minimum absolute atomic E-state index is 0.0396. The van der Waals surface area contributed by atoms with Gasteiger partial charge in [0, 0.05) is 25.7 Å². The van der Waals surface area contributed by atoms with Crippen LogP contribution in [0.2, 0.25) is 15.1 Å². The van der Waals surface area contributed by atoms with E-state index < -0.39 is 22.5 Å². The van der Waals surface area contributed by atoms with Crippen molar-refractivity contribution in [2.24, 2.45) is 0 Å². The second kappa shape index (κ2) is 12.2. The maximum atomic E-state index is 13.5. The summed E-state index contributed by atoms with van der Waals surface area (Å²) in [5.41, 5.74) is 1.84. The van der Waals surface area contributed by atoms with E-state index in [0.29, 0.717) is 16.5 Å². The fourth-order valence-corrected chi connectivity index (χ4v) is 6.51. The number of anilines is 2. The Bertz CT molecular complexity index is 1480. The van der Waals surface area contributed by atoms with Crippen molar-refractivity contribution in [2.45, 2.75) is 15.5 Å². The molecule has 0 aliphatic heterocycles. The molecule has 1 N–H and O–H groups in total. The van der Waals surface area contributed by atoms with E-state index in [2.05, 4.69) is 5.32 Å². The molecule has 0 heterocycles. The zero-order valence-corrected chi connectivity index (χ0v) is 23.2. The van der Waals surface area contributed by atoms with Crippen LogP contribution >= 0.6 is 46.6 Å². The molecule has 0 saturated heterocycles. The van der Waals surface area contributed by atoms with Gasteiger partial charge in [0.15, 0.2) is 0 Å². The van der Waals surface area contributed by atoms with E-state index in [1.807, 2.05) is 36.4 Å².